The van der Waals surface area contributed by atoms with Crippen molar-refractivity contribution in [2.75, 3.05) is 18.5 Å². The molecule has 7 nitrogen and oxygen atoms in total. The monoisotopic (exact) mass is 341 g/mol. The summed E-state index contributed by atoms with van der Waals surface area (Å²) in [7, 11) is 0. The van der Waals surface area contributed by atoms with Crippen molar-refractivity contribution in [3.8, 4) is 0 Å². The molecule has 1 aliphatic heterocycles. The average Bonchev–Trinajstić information content (AvgIpc) is 2.61. The predicted octanol–water partition coefficient (Wildman–Crippen LogP) is 1.89. The van der Waals surface area contributed by atoms with Gasteiger partial charge in [-0.1, -0.05) is 30.3 Å². The normalized spacial score (nSPS) is 16.8. The van der Waals surface area contributed by atoms with E-state index in [4.69, 9.17) is 9.47 Å². The summed E-state index contributed by atoms with van der Waals surface area (Å²) in [4.78, 5) is 27.5. The van der Waals surface area contributed by atoms with Gasteiger partial charge in [0.15, 0.2) is 0 Å². The molecule has 1 atom stereocenters. The molecule has 0 saturated carbocycles. The van der Waals surface area contributed by atoms with Gasteiger partial charge >= 0.3 is 6.09 Å². The van der Waals surface area contributed by atoms with Gasteiger partial charge in [0.05, 0.1) is 12.6 Å². The maximum atomic E-state index is 11.9. The molecule has 1 aliphatic rings. The summed E-state index contributed by atoms with van der Waals surface area (Å²) in [5, 5.41) is 5.53. The minimum atomic E-state index is -0.532. The number of carbonyl (C=O) groups is 2. The van der Waals surface area contributed by atoms with E-state index < -0.39 is 6.09 Å². The summed E-state index contributed by atoms with van der Waals surface area (Å²) < 4.78 is 10.4. The number of carbonyl (C=O) groups excluding carboxylic acids is 2. The molecule has 0 spiro atoms. The molecule has 1 fully saturated rings. The molecule has 0 bridgehead atoms. The van der Waals surface area contributed by atoms with E-state index in [1.165, 1.54) is 0 Å². The lowest BCUT2D eigenvalue weighted by atomic mass is 10.1. The standard InChI is InChI=1S/C18H19N3O4/c22-17-12-24-11-16(20-17)9-15-8-14(6-7-19-15)21-18(23)25-10-13-4-2-1-3-5-13/h1-8,16H,9-12H2,(H,20,22)(H,19,21,23)/t16-/m0/s1. The van der Waals surface area contributed by atoms with Crippen molar-refractivity contribution in [1.29, 1.82) is 0 Å². The molecule has 2 N–H and O–H groups in total. The van der Waals surface area contributed by atoms with Crippen molar-refractivity contribution in [3.05, 3.63) is 59.9 Å². The lowest BCUT2D eigenvalue weighted by Gasteiger charge is -2.23. The topological polar surface area (TPSA) is 89.5 Å². The van der Waals surface area contributed by atoms with Gasteiger partial charge in [-0.25, -0.2) is 4.79 Å². The van der Waals surface area contributed by atoms with Gasteiger partial charge < -0.3 is 14.8 Å². The number of aromatic nitrogens is 1. The van der Waals surface area contributed by atoms with E-state index in [0.717, 1.165) is 11.3 Å². The molecule has 1 saturated heterocycles. The smallest absolute Gasteiger partial charge is 0.411 e. The second kappa shape index (κ2) is 8.25. The Balaban J connectivity index is 1.52. The third kappa shape index (κ3) is 5.29. The van der Waals surface area contributed by atoms with Crippen molar-refractivity contribution in [1.82, 2.24) is 10.3 Å². The largest absolute Gasteiger partial charge is 0.444 e. The Labute approximate surface area is 145 Å². The highest BCUT2D eigenvalue weighted by Crippen LogP contribution is 2.12. The fourth-order valence-corrected chi connectivity index (χ4v) is 2.51. The molecular weight excluding hydrogens is 322 g/mol. The molecule has 25 heavy (non-hydrogen) atoms. The van der Waals surface area contributed by atoms with Crippen LogP contribution in [0, 0.1) is 0 Å². The van der Waals surface area contributed by atoms with Crippen LogP contribution in [0.25, 0.3) is 0 Å². The second-order valence-electron chi connectivity index (χ2n) is 5.71. The van der Waals surface area contributed by atoms with Crippen LogP contribution in [0.4, 0.5) is 10.5 Å². The van der Waals surface area contributed by atoms with E-state index in [1.807, 2.05) is 30.3 Å². The first kappa shape index (κ1) is 16.9. The van der Waals surface area contributed by atoms with Gasteiger partial charge in [-0.2, -0.15) is 0 Å². The Kier molecular flexibility index (Phi) is 5.58. The van der Waals surface area contributed by atoms with E-state index >= 15 is 0 Å². The first-order chi connectivity index (χ1) is 12.2. The molecule has 2 amide bonds. The highest BCUT2D eigenvalue weighted by Gasteiger charge is 2.19. The molecule has 0 aliphatic carbocycles. The molecule has 7 heteroatoms. The number of ether oxygens (including phenoxy) is 2. The number of hydrogen-bond donors (Lipinski definition) is 2. The lowest BCUT2D eigenvalue weighted by molar-refractivity contribution is -0.131. The number of nitrogens with zero attached hydrogens (tertiary/aromatic N) is 1. The Morgan fingerprint density at radius 3 is 2.96 bits per heavy atom. The van der Waals surface area contributed by atoms with E-state index in [0.29, 0.717) is 18.7 Å². The van der Waals surface area contributed by atoms with Crippen LogP contribution in [-0.2, 0) is 27.3 Å². The molecule has 2 aromatic rings. The number of amides is 2. The highest BCUT2D eigenvalue weighted by atomic mass is 16.5. The number of rotatable bonds is 5. The number of morpholine rings is 1. The number of hydrogen-bond acceptors (Lipinski definition) is 5. The van der Waals surface area contributed by atoms with Crippen LogP contribution in [0.2, 0.25) is 0 Å². The van der Waals surface area contributed by atoms with Crippen LogP contribution >= 0.6 is 0 Å². The molecule has 2 heterocycles. The number of pyridine rings is 1. The van der Waals surface area contributed by atoms with Crippen molar-refractivity contribution in [2.24, 2.45) is 0 Å². The van der Waals surface area contributed by atoms with E-state index in [9.17, 15) is 9.59 Å². The Morgan fingerprint density at radius 2 is 2.16 bits per heavy atom. The fraction of sp³-hybridized carbons (Fsp3) is 0.278. The van der Waals surface area contributed by atoms with Gasteiger partial charge in [-0.3, -0.25) is 15.1 Å². The number of anilines is 1. The second-order valence-corrected chi connectivity index (χ2v) is 5.71. The lowest BCUT2D eigenvalue weighted by Crippen LogP contribution is -2.46. The van der Waals surface area contributed by atoms with Gasteiger partial charge in [0.2, 0.25) is 5.91 Å². The Morgan fingerprint density at radius 1 is 1.32 bits per heavy atom. The summed E-state index contributed by atoms with van der Waals surface area (Å²) in [5.74, 6) is -0.130. The van der Waals surface area contributed by atoms with Crippen LogP contribution < -0.4 is 10.6 Å². The average molecular weight is 341 g/mol. The highest BCUT2D eigenvalue weighted by molar-refractivity contribution is 5.84. The minimum Gasteiger partial charge on any atom is -0.444 e. The van der Waals surface area contributed by atoms with E-state index in [1.54, 1.807) is 18.3 Å². The van der Waals surface area contributed by atoms with Crippen molar-refractivity contribution in [2.45, 2.75) is 19.1 Å². The van der Waals surface area contributed by atoms with Gasteiger partial charge in [-0.05, 0) is 17.7 Å². The summed E-state index contributed by atoms with van der Waals surface area (Å²) in [6.45, 7) is 0.749. The summed E-state index contributed by atoms with van der Waals surface area (Å²) in [6, 6.07) is 12.8. The van der Waals surface area contributed by atoms with Crippen molar-refractivity contribution in [3.63, 3.8) is 0 Å². The number of nitrogens with one attached hydrogen (secondary N) is 2. The van der Waals surface area contributed by atoms with Gasteiger partial charge in [-0.15, -0.1) is 0 Å². The fourth-order valence-electron chi connectivity index (χ4n) is 2.51. The van der Waals surface area contributed by atoms with Gasteiger partial charge in [0.1, 0.15) is 13.2 Å². The first-order valence-electron chi connectivity index (χ1n) is 7.99. The summed E-state index contributed by atoms with van der Waals surface area (Å²) in [5.41, 5.74) is 2.25. The maximum absolute atomic E-state index is 11.9. The van der Waals surface area contributed by atoms with Crippen LogP contribution in [0.5, 0.6) is 0 Å². The molecule has 3 rings (SSSR count). The number of benzene rings is 1. The SMILES string of the molecule is O=C1COC[C@H](Cc2cc(NC(=O)OCc3ccccc3)ccn2)N1. The van der Waals surface area contributed by atoms with E-state index in [-0.39, 0.29) is 25.2 Å². The molecule has 0 radical (unpaired) electrons. The van der Waals surface area contributed by atoms with Crippen LogP contribution in [-0.4, -0.2) is 36.2 Å². The zero-order valence-corrected chi connectivity index (χ0v) is 13.6. The van der Waals surface area contributed by atoms with Crippen LogP contribution in [0.3, 0.4) is 0 Å². The van der Waals surface area contributed by atoms with Crippen molar-refractivity contribution < 1.29 is 19.1 Å². The van der Waals surface area contributed by atoms with Gasteiger partial charge in [0, 0.05) is 24.0 Å². The molecule has 130 valence electrons. The Hall–Kier alpha value is -2.93. The zero-order valence-electron chi connectivity index (χ0n) is 13.6. The zero-order chi connectivity index (χ0) is 17.5. The van der Waals surface area contributed by atoms with Crippen LogP contribution in [0.1, 0.15) is 11.3 Å². The van der Waals surface area contributed by atoms with Crippen LogP contribution in [0.15, 0.2) is 48.7 Å². The molecule has 0 unspecified atom stereocenters. The molecule has 1 aromatic carbocycles. The Bertz CT molecular complexity index is 736. The molecular formula is C18H19N3O4. The van der Waals surface area contributed by atoms with E-state index in [2.05, 4.69) is 15.6 Å². The quantitative estimate of drug-likeness (QED) is 0.867. The maximum Gasteiger partial charge on any atom is 0.411 e. The van der Waals surface area contributed by atoms with Crippen molar-refractivity contribution >= 4 is 17.7 Å². The minimum absolute atomic E-state index is 0.0960. The third-order valence-corrected chi connectivity index (χ3v) is 3.65. The third-order valence-electron chi connectivity index (χ3n) is 3.65. The first-order valence-corrected chi connectivity index (χ1v) is 7.99. The summed E-state index contributed by atoms with van der Waals surface area (Å²) in [6.07, 6.45) is 1.60. The van der Waals surface area contributed by atoms with Gasteiger partial charge in [0.25, 0.3) is 0 Å². The summed E-state index contributed by atoms with van der Waals surface area (Å²) >= 11 is 0. The molecule has 1 aromatic heterocycles. The predicted molar refractivity (Wildman–Crippen MR) is 90.9 cm³/mol.